The molecule has 0 spiro atoms. The van der Waals surface area contributed by atoms with Gasteiger partial charge in [0, 0.05) is 0 Å². The SMILES string of the molecule is COC(=O)C1(NC(=O)C2(N)CCCCC2)CCCCC1. The zero-order valence-electron chi connectivity index (χ0n) is 12.4. The minimum Gasteiger partial charge on any atom is -0.467 e. The summed E-state index contributed by atoms with van der Waals surface area (Å²) in [6.07, 6.45) is 8.79. The van der Waals surface area contributed by atoms with Crippen molar-refractivity contribution in [2.75, 3.05) is 7.11 Å². The molecular weight excluding hydrogens is 256 g/mol. The molecule has 0 radical (unpaired) electrons. The topological polar surface area (TPSA) is 81.4 Å². The number of carbonyl (C=O) groups excluding carboxylic acids is 2. The van der Waals surface area contributed by atoms with Crippen LogP contribution < -0.4 is 11.1 Å². The summed E-state index contributed by atoms with van der Waals surface area (Å²) >= 11 is 0. The van der Waals surface area contributed by atoms with Crippen LogP contribution in [0.5, 0.6) is 0 Å². The van der Waals surface area contributed by atoms with Gasteiger partial charge in [0.05, 0.1) is 12.6 Å². The fourth-order valence-corrected chi connectivity index (χ4v) is 3.48. The van der Waals surface area contributed by atoms with Crippen LogP contribution in [0.4, 0.5) is 0 Å². The highest BCUT2D eigenvalue weighted by Crippen LogP contribution is 2.32. The van der Waals surface area contributed by atoms with E-state index in [1.165, 1.54) is 7.11 Å². The maximum atomic E-state index is 12.6. The zero-order chi connectivity index (χ0) is 14.6. The normalized spacial score (nSPS) is 24.7. The first-order chi connectivity index (χ1) is 9.52. The van der Waals surface area contributed by atoms with E-state index in [-0.39, 0.29) is 11.9 Å². The molecule has 0 aliphatic heterocycles. The molecule has 3 N–H and O–H groups in total. The molecule has 5 nitrogen and oxygen atoms in total. The lowest BCUT2D eigenvalue weighted by molar-refractivity contribution is -0.153. The maximum Gasteiger partial charge on any atom is 0.331 e. The first kappa shape index (κ1) is 15.3. The molecule has 1 amide bonds. The van der Waals surface area contributed by atoms with Gasteiger partial charge in [0.2, 0.25) is 5.91 Å². The summed E-state index contributed by atoms with van der Waals surface area (Å²) in [4.78, 5) is 24.7. The van der Waals surface area contributed by atoms with Gasteiger partial charge in [0.25, 0.3) is 0 Å². The Morgan fingerprint density at radius 2 is 1.45 bits per heavy atom. The number of carbonyl (C=O) groups is 2. The van der Waals surface area contributed by atoms with Gasteiger partial charge in [-0.05, 0) is 25.7 Å². The van der Waals surface area contributed by atoms with Crippen molar-refractivity contribution in [2.45, 2.75) is 75.3 Å². The smallest absolute Gasteiger partial charge is 0.331 e. The van der Waals surface area contributed by atoms with E-state index in [1.54, 1.807) is 0 Å². The van der Waals surface area contributed by atoms with E-state index in [0.29, 0.717) is 25.7 Å². The summed E-state index contributed by atoms with van der Waals surface area (Å²) in [5.74, 6) is -0.505. The van der Waals surface area contributed by atoms with Gasteiger partial charge in [0.1, 0.15) is 5.54 Å². The van der Waals surface area contributed by atoms with Crippen molar-refractivity contribution >= 4 is 11.9 Å². The van der Waals surface area contributed by atoms with Gasteiger partial charge in [-0.2, -0.15) is 0 Å². The summed E-state index contributed by atoms with van der Waals surface area (Å²) in [6, 6.07) is 0. The molecule has 5 heteroatoms. The molecule has 2 aliphatic rings. The lowest BCUT2D eigenvalue weighted by atomic mass is 9.78. The molecule has 0 unspecified atom stereocenters. The van der Waals surface area contributed by atoms with E-state index in [9.17, 15) is 9.59 Å². The molecule has 2 fully saturated rings. The Balaban J connectivity index is 2.11. The van der Waals surface area contributed by atoms with Gasteiger partial charge in [-0.1, -0.05) is 38.5 Å². The molecule has 2 saturated carbocycles. The third-order valence-corrected chi connectivity index (χ3v) is 4.83. The van der Waals surface area contributed by atoms with Crippen LogP contribution >= 0.6 is 0 Å². The van der Waals surface area contributed by atoms with Crippen LogP contribution in [-0.2, 0) is 14.3 Å². The van der Waals surface area contributed by atoms with Crippen molar-refractivity contribution in [3.05, 3.63) is 0 Å². The lowest BCUT2D eigenvalue weighted by Crippen LogP contribution is -2.64. The Hall–Kier alpha value is -1.10. The molecule has 0 aromatic heterocycles. The molecule has 114 valence electrons. The number of hydrogen-bond donors (Lipinski definition) is 2. The van der Waals surface area contributed by atoms with Crippen LogP contribution in [0.3, 0.4) is 0 Å². The average molecular weight is 282 g/mol. The molecule has 20 heavy (non-hydrogen) atoms. The fraction of sp³-hybridized carbons (Fsp3) is 0.867. The average Bonchev–Trinajstić information content (AvgIpc) is 2.48. The van der Waals surface area contributed by atoms with Gasteiger partial charge in [0.15, 0.2) is 0 Å². The van der Waals surface area contributed by atoms with Gasteiger partial charge in [-0.15, -0.1) is 0 Å². The van der Waals surface area contributed by atoms with Crippen LogP contribution in [0.2, 0.25) is 0 Å². The van der Waals surface area contributed by atoms with E-state index >= 15 is 0 Å². The van der Waals surface area contributed by atoms with Crippen LogP contribution in [0, 0.1) is 0 Å². The van der Waals surface area contributed by atoms with Crippen molar-refractivity contribution < 1.29 is 14.3 Å². The summed E-state index contributed by atoms with van der Waals surface area (Å²) in [5, 5.41) is 2.95. The number of nitrogens with two attached hydrogens (primary N) is 1. The Morgan fingerprint density at radius 3 is 1.95 bits per heavy atom. The highest BCUT2D eigenvalue weighted by Gasteiger charge is 2.46. The molecular formula is C15H26N2O3. The molecule has 0 aromatic carbocycles. The number of rotatable bonds is 3. The highest BCUT2D eigenvalue weighted by molar-refractivity contribution is 5.92. The van der Waals surface area contributed by atoms with E-state index in [2.05, 4.69) is 5.32 Å². The number of methoxy groups -OCH3 is 1. The van der Waals surface area contributed by atoms with Crippen molar-refractivity contribution in [2.24, 2.45) is 5.73 Å². The number of amides is 1. The summed E-state index contributed by atoms with van der Waals surface area (Å²) in [7, 11) is 1.38. The molecule has 0 atom stereocenters. The Morgan fingerprint density at radius 1 is 0.950 bits per heavy atom. The number of esters is 1. The monoisotopic (exact) mass is 282 g/mol. The molecule has 2 rings (SSSR count). The van der Waals surface area contributed by atoms with Crippen LogP contribution in [-0.4, -0.2) is 30.1 Å². The van der Waals surface area contributed by atoms with Gasteiger partial charge in [-0.25, -0.2) is 4.79 Å². The fourth-order valence-electron chi connectivity index (χ4n) is 3.48. The largest absolute Gasteiger partial charge is 0.467 e. The molecule has 0 bridgehead atoms. The molecule has 0 saturated heterocycles. The Labute approximate surface area is 120 Å². The minimum atomic E-state index is -0.853. The van der Waals surface area contributed by atoms with Gasteiger partial charge in [-0.3, -0.25) is 4.79 Å². The summed E-state index contributed by atoms with van der Waals surface area (Å²) < 4.78 is 4.92. The number of hydrogen-bond acceptors (Lipinski definition) is 4. The predicted octanol–water partition coefficient (Wildman–Crippen LogP) is 1.64. The molecule has 0 heterocycles. The molecule has 0 aromatic rings. The van der Waals surface area contributed by atoms with E-state index in [0.717, 1.165) is 38.5 Å². The first-order valence-corrected chi connectivity index (χ1v) is 7.72. The van der Waals surface area contributed by atoms with E-state index in [1.807, 2.05) is 0 Å². The molecule has 2 aliphatic carbocycles. The van der Waals surface area contributed by atoms with Crippen LogP contribution in [0.15, 0.2) is 0 Å². The van der Waals surface area contributed by atoms with E-state index in [4.69, 9.17) is 10.5 Å². The summed E-state index contributed by atoms with van der Waals surface area (Å²) in [5.41, 5.74) is 4.59. The maximum absolute atomic E-state index is 12.6. The zero-order valence-corrected chi connectivity index (χ0v) is 12.4. The van der Waals surface area contributed by atoms with Crippen LogP contribution in [0.1, 0.15) is 64.2 Å². The third kappa shape index (κ3) is 2.97. The highest BCUT2D eigenvalue weighted by atomic mass is 16.5. The Kier molecular flexibility index (Phi) is 4.68. The van der Waals surface area contributed by atoms with E-state index < -0.39 is 11.1 Å². The third-order valence-electron chi connectivity index (χ3n) is 4.83. The van der Waals surface area contributed by atoms with Gasteiger partial charge >= 0.3 is 5.97 Å². The first-order valence-electron chi connectivity index (χ1n) is 7.72. The second-order valence-electron chi connectivity index (χ2n) is 6.31. The van der Waals surface area contributed by atoms with Crippen molar-refractivity contribution in [1.29, 1.82) is 0 Å². The van der Waals surface area contributed by atoms with Crippen molar-refractivity contribution in [1.82, 2.24) is 5.32 Å². The number of nitrogens with one attached hydrogen (secondary N) is 1. The second kappa shape index (κ2) is 6.12. The minimum absolute atomic E-state index is 0.176. The second-order valence-corrected chi connectivity index (χ2v) is 6.31. The predicted molar refractivity (Wildman–Crippen MR) is 76.0 cm³/mol. The summed E-state index contributed by atoms with van der Waals surface area (Å²) in [6.45, 7) is 0. The van der Waals surface area contributed by atoms with Crippen molar-refractivity contribution in [3.8, 4) is 0 Å². The Bertz CT molecular complexity index is 369. The quantitative estimate of drug-likeness (QED) is 0.771. The standard InChI is InChI=1S/C15H26N2O3/c1-20-13(19)15(10-6-3-7-11-15)17-12(18)14(16)8-4-2-5-9-14/h2-11,16H2,1H3,(H,17,18). The van der Waals surface area contributed by atoms with Crippen LogP contribution in [0.25, 0.3) is 0 Å². The lowest BCUT2D eigenvalue weighted by Gasteiger charge is -2.39. The van der Waals surface area contributed by atoms with Gasteiger partial charge < -0.3 is 15.8 Å². The van der Waals surface area contributed by atoms with Crippen molar-refractivity contribution in [3.63, 3.8) is 0 Å². The number of ether oxygens (including phenoxy) is 1.